The van der Waals surface area contributed by atoms with Gasteiger partial charge in [0.25, 0.3) is 0 Å². The molecule has 2 aromatic heterocycles. The van der Waals surface area contributed by atoms with Gasteiger partial charge in [0.15, 0.2) is 5.13 Å². The number of thiazole rings is 1. The first-order valence-corrected chi connectivity index (χ1v) is 11.6. The molecule has 3 heterocycles. The molecule has 1 aromatic carbocycles. The summed E-state index contributed by atoms with van der Waals surface area (Å²) in [6.45, 7) is 8.50. The van der Waals surface area contributed by atoms with Crippen molar-refractivity contribution in [2.45, 2.75) is 52.8 Å². The minimum Gasteiger partial charge on any atom is -0.494 e. The SMILES string of the molecule is CCOc1ccc(CN2CCC[C@H]2c2cc(Nc3ncc(C)s3)cc(C)n2)cc1CO. The molecule has 31 heavy (non-hydrogen) atoms. The number of aliphatic hydroxyl groups is 1. The average Bonchev–Trinajstić information content (AvgIpc) is 3.37. The van der Waals surface area contributed by atoms with Crippen LogP contribution in [0.3, 0.4) is 0 Å². The third-order valence-corrected chi connectivity index (χ3v) is 6.36. The summed E-state index contributed by atoms with van der Waals surface area (Å²) in [5.41, 5.74) is 5.16. The topological polar surface area (TPSA) is 70.5 Å². The Labute approximate surface area is 187 Å². The van der Waals surface area contributed by atoms with Gasteiger partial charge in [0.05, 0.1) is 24.9 Å². The summed E-state index contributed by atoms with van der Waals surface area (Å²) in [5.74, 6) is 0.764. The zero-order valence-corrected chi connectivity index (χ0v) is 19.2. The Morgan fingerprint density at radius 2 is 2.13 bits per heavy atom. The van der Waals surface area contributed by atoms with Crippen molar-refractivity contribution in [2.24, 2.45) is 0 Å². The second kappa shape index (κ2) is 9.77. The van der Waals surface area contributed by atoms with E-state index in [0.29, 0.717) is 6.61 Å². The van der Waals surface area contributed by atoms with Crippen molar-refractivity contribution in [3.8, 4) is 5.75 Å². The molecule has 0 aliphatic carbocycles. The lowest BCUT2D eigenvalue weighted by Gasteiger charge is -2.25. The molecule has 2 N–H and O–H groups in total. The molecular weight excluding hydrogens is 408 g/mol. The van der Waals surface area contributed by atoms with Gasteiger partial charge >= 0.3 is 0 Å². The lowest BCUT2D eigenvalue weighted by atomic mass is 10.1. The number of rotatable bonds is 8. The van der Waals surface area contributed by atoms with Crippen molar-refractivity contribution in [1.29, 1.82) is 0 Å². The molecule has 1 atom stereocenters. The molecule has 0 spiro atoms. The highest BCUT2D eigenvalue weighted by Crippen LogP contribution is 2.35. The van der Waals surface area contributed by atoms with Crippen LogP contribution in [-0.2, 0) is 13.2 Å². The Kier molecular flexibility index (Phi) is 6.85. The van der Waals surface area contributed by atoms with Crippen molar-refractivity contribution >= 4 is 22.2 Å². The van der Waals surface area contributed by atoms with E-state index in [1.165, 1.54) is 10.4 Å². The Morgan fingerprint density at radius 1 is 1.26 bits per heavy atom. The Morgan fingerprint density at radius 3 is 2.87 bits per heavy atom. The molecule has 1 saturated heterocycles. The van der Waals surface area contributed by atoms with Crippen LogP contribution in [0.5, 0.6) is 5.75 Å². The van der Waals surface area contributed by atoms with Gasteiger partial charge in [-0.1, -0.05) is 6.07 Å². The van der Waals surface area contributed by atoms with Gasteiger partial charge in [0.1, 0.15) is 5.75 Å². The Hall–Kier alpha value is -2.48. The third-order valence-electron chi connectivity index (χ3n) is 5.53. The number of ether oxygens (including phenoxy) is 1. The van der Waals surface area contributed by atoms with Crippen LogP contribution >= 0.6 is 11.3 Å². The zero-order chi connectivity index (χ0) is 21.8. The fourth-order valence-corrected chi connectivity index (χ4v) is 4.89. The van der Waals surface area contributed by atoms with Crippen LogP contribution in [0.15, 0.2) is 36.5 Å². The van der Waals surface area contributed by atoms with Gasteiger partial charge in [-0.05, 0) is 70.0 Å². The van der Waals surface area contributed by atoms with Gasteiger partial charge in [-0.2, -0.15) is 0 Å². The number of likely N-dealkylation sites (tertiary alicyclic amines) is 1. The van der Waals surface area contributed by atoms with Crippen molar-refractivity contribution in [3.05, 3.63) is 63.9 Å². The number of benzene rings is 1. The van der Waals surface area contributed by atoms with Crippen LogP contribution in [0.2, 0.25) is 0 Å². The minimum absolute atomic E-state index is 0.0166. The maximum absolute atomic E-state index is 9.73. The fourth-order valence-electron chi connectivity index (χ4n) is 4.21. The van der Waals surface area contributed by atoms with Crippen LogP contribution in [0.1, 0.15) is 53.2 Å². The number of pyridine rings is 1. The molecule has 6 nitrogen and oxygen atoms in total. The molecule has 0 unspecified atom stereocenters. The van der Waals surface area contributed by atoms with Crippen LogP contribution < -0.4 is 10.1 Å². The molecule has 0 bridgehead atoms. The van der Waals surface area contributed by atoms with E-state index in [9.17, 15) is 5.11 Å². The van der Waals surface area contributed by atoms with Gasteiger partial charge < -0.3 is 15.2 Å². The van der Waals surface area contributed by atoms with Crippen LogP contribution in [-0.4, -0.2) is 33.1 Å². The number of nitrogens with one attached hydrogen (secondary N) is 1. The monoisotopic (exact) mass is 438 g/mol. The zero-order valence-electron chi connectivity index (χ0n) is 18.4. The summed E-state index contributed by atoms with van der Waals surface area (Å²) in [5, 5.41) is 14.1. The number of hydrogen-bond acceptors (Lipinski definition) is 7. The summed E-state index contributed by atoms with van der Waals surface area (Å²) in [4.78, 5) is 13.0. The maximum Gasteiger partial charge on any atom is 0.187 e. The normalized spacial score (nSPS) is 16.6. The van der Waals surface area contributed by atoms with E-state index in [0.717, 1.165) is 59.5 Å². The van der Waals surface area contributed by atoms with Gasteiger partial charge in [-0.3, -0.25) is 9.88 Å². The first kappa shape index (κ1) is 21.7. The van der Waals surface area contributed by atoms with E-state index in [1.54, 1.807) is 11.3 Å². The van der Waals surface area contributed by atoms with E-state index < -0.39 is 0 Å². The fraction of sp³-hybridized carbons (Fsp3) is 0.417. The van der Waals surface area contributed by atoms with E-state index in [-0.39, 0.29) is 12.6 Å². The van der Waals surface area contributed by atoms with Crippen LogP contribution in [0, 0.1) is 13.8 Å². The van der Waals surface area contributed by atoms with Gasteiger partial charge in [-0.25, -0.2) is 4.98 Å². The predicted molar refractivity (Wildman–Crippen MR) is 125 cm³/mol. The smallest absolute Gasteiger partial charge is 0.187 e. The highest BCUT2D eigenvalue weighted by molar-refractivity contribution is 7.15. The highest BCUT2D eigenvalue weighted by Gasteiger charge is 2.28. The van der Waals surface area contributed by atoms with E-state index in [2.05, 4.69) is 46.4 Å². The van der Waals surface area contributed by atoms with E-state index in [4.69, 9.17) is 9.72 Å². The van der Waals surface area contributed by atoms with Crippen LogP contribution in [0.25, 0.3) is 0 Å². The van der Waals surface area contributed by atoms with Crippen molar-refractivity contribution in [1.82, 2.24) is 14.9 Å². The molecule has 3 aromatic rings. The highest BCUT2D eigenvalue weighted by atomic mass is 32.1. The molecule has 4 rings (SSSR count). The quantitative estimate of drug-likeness (QED) is 0.508. The summed E-state index contributed by atoms with van der Waals surface area (Å²) < 4.78 is 5.63. The Bertz CT molecular complexity index is 1040. The van der Waals surface area contributed by atoms with Gasteiger partial charge in [0.2, 0.25) is 0 Å². The summed E-state index contributed by atoms with van der Waals surface area (Å²) in [7, 11) is 0. The second-order valence-corrected chi connectivity index (χ2v) is 9.22. The second-order valence-electron chi connectivity index (χ2n) is 7.98. The third kappa shape index (κ3) is 5.23. The van der Waals surface area contributed by atoms with Gasteiger partial charge in [0, 0.05) is 34.6 Å². The molecule has 1 aliphatic rings. The molecule has 0 saturated carbocycles. The maximum atomic E-state index is 9.73. The molecular formula is C24H30N4O2S. The van der Waals surface area contributed by atoms with Crippen molar-refractivity contribution < 1.29 is 9.84 Å². The molecule has 0 radical (unpaired) electrons. The summed E-state index contributed by atoms with van der Waals surface area (Å²) >= 11 is 1.65. The number of aromatic nitrogens is 2. The average molecular weight is 439 g/mol. The predicted octanol–water partition coefficient (Wildman–Crippen LogP) is 5.13. The summed E-state index contributed by atoms with van der Waals surface area (Å²) in [6.07, 6.45) is 4.13. The van der Waals surface area contributed by atoms with Gasteiger partial charge in [-0.15, -0.1) is 11.3 Å². The molecule has 164 valence electrons. The molecule has 0 amide bonds. The number of aliphatic hydroxyl groups excluding tert-OH is 1. The first-order valence-electron chi connectivity index (χ1n) is 10.8. The molecule has 1 aliphatic heterocycles. The number of nitrogens with zero attached hydrogens (tertiary/aromatic N) is 3. The van der Waals surface area contributed by atoms with Crippen LogP contribution in [0.4, 0.5) is 10.8 Å². The standard InChI is InChI=1S/C24H30N4O2S/c1-4-30-23-8-7-18(11-19(23)15-29)14-28-9-5-6-22(28)21-12-20(10-16(2)26-21)27-24-25-13-17(3)31-24/h7-8,10-13,22,29H,4-6,9,14-15H2,1-3H3,(H,25,26,27)/t22-/m0/s1. The number of anilines is 2. The van der Waals surface area contributed by atoms with E-state index >= 15 is 0 Å². The van der Waals surface area contributed by atoms with Crippen molar-refractivity contribution in [3.63, 3.8) is 0 Å². The lowest BCUT2D eigenvalue weighted by molar-refractivity contribution is 0.242. The largest absolute Gasteiger partial charge is 0.494 e. The van der Waals surface area contributed by atoms with Crippen molar-refractivity contribution in [2.75, 3.05) is 18.5 Å². The summed E-state index contributed by atoms with van der Waals surface area (Å²) in [6, 6.07) is 10.6. The lowest BCUT2D eigenvalue weighted by Crippen LogP contribution is -2.23. The molecule has 1 fully saturated rings. The molecule has 7 heteroatoms. The Balaban J connectivity index is 1.53. The number of aryl methyl sites for hydroxylation is 2. The number of hydrogen-bond donors (Lipinski definition) is 2. The first-order chi connectivity index (χ1) is 15.1. The minimum atomic E-state index is -0.0166. The van der Waals surface area contributed by atoms with E-state index in [1.807, 2.05) is 26.1 Å².